The molecule has 18 heavy (non-hydrogen) atoms. The molecule has 0 aromatic carbocycles. The van der Waals surface area contributed by atoms with Crippen molar-refractivity contribution in [2.24, 2.45) is 17.8 Å². The second-order valence-electron chi connectivity index (χ2n) is 6.26. The molecule has 2 aliphatic rings. The largest absolute Gasteiger partial charge is 0.385 e. The second-order valence-corrected chi connectivity index (χ2v) is 6.26. The highest BCUT2D eigenvalue weighted by Crippen LogP contribution is 2.32. The van der Waals surface area contributed by atoms with Crippen LogP contribution in [0.5, 0.6) is 0 Å². The molecule has 1 saturated heterocycles. The van der Waals surface area contributed by atoms with Crippen molar-refractivity contribution in [2.75, 3.05) is 40.5 Å². The zero-order valence-corrected chi connectivity index (χ0v) is 12.2. The van der Waals surface area contributed by atoms with Crippen LogP contribution in [0, 0.1) is 17.8 Å². The fourth-order valence-corrected chi connectivity index (χ4v) is 3.53. The lowest BCUT2D eigenvalue weighted by atomic mass is 9.80. The lowest BCUT2D eigenvalue weighted by Gasteiger charge is -2.42. The molecule has 106 valence electrons. The van der Waals surface area contributed by atoms with Crippen LogP contribution in [0.25, 0.3) is 0 Å². The Kier molecular flexibility index (Phi) is 5.46. The number of likely N-dealkylation sites (tertiary alicyclic amines) is 1. The molecule has 3 nitrogen and oxygen atoms in total. The zero-order valence-electron chi connectivity index (χ0n) is 12.2. The van der Waals surface area contributed by atoms with E-state index < -0.39 is 0 Å². The maximum Gasteiger partial charge on any atom is 0.0577 e. The first-order valence-electron chi connectivity index (χ1n) is 7.47. The van der Waals surface area contributed by atoms with E-state index in [-0.39, 0.29) is 0 Å². The van der Waals surface area contributed by atoms with Crippen LogP contribution in [0.4, 0.5) is 0 Å². The molecule has 2 atom stereocenters. The number of piperidine rings is 1. The number of hydrogen-bond acceptors (Lipinski definition) is 3. The molecule has 0 aromatic heterocycles. The van der Waals surface area contributed by atoms with E-state index in [2.05, 4.69) is 11.8 Å². The van der Waals surface area contributed by atoms with Crippen molar-refractivity contribution >= 4 is 0 Å². The molecule has 2 fully saturated rings. The topological polar surface area (TPSA) is 21.7 Å². The Hall–Kier alpha value is -0.120. The molecule has 0 amide bonds. The van der Waals surface area contributed by atoms with E-state index in [9.17, 15) is 0 Å². The van der Waals surface area contributed by atoms with Crippen molar-refractivity contribution in [3.05, 3.63) is 0 Å². The van der Waals surface area contributed by atoms with Gasteiger partial charge in [0.2, 0.25) is 0 Å². The van der Waals surface area contributed by atoms with Gasteiger partial charge in [-0.25, -0.2) is 0 Å². The first kappa shape index (κ1) is 14.3. The summed E-state index contributed by atoms with van der Waals surface area (Å²) >= 11 is 0. The summed E-state index contributed by atoms with van der Waals surface area (Å²) in [5.41, 5.74) is 0. The molecule has 1 heterocycles. The Morgan fingerprint density at radius 1 is 1.22 bits per heavy atom. The van der Waals surface area contributed by atoms with Crippen LogP contribution in [0.15, 0.2) is 0 Å². The molecule has 0 spiro atoms. The van der Waals surface area contributed by atoms with Gasteiger partial charge in [-0.3, -0.25) is 0 Å². The normalized spacial score (nSPS) is 37.5. The molecule has 0 radical (unpaired) electrons. The van der Waals surface area contributed by atoms with E-state index in [1.807, 2.05) is 14.2 Å². The van der Waals surface area contributed by atoms with Gasteiger partial charge in [-0.2, -0.15) is 0 Å². The first-order chi connectivity index (χ1) is 8.72. The van der Waals surface area contributed by atoms with Crippen LogP contribution in [0.2, 0.25) is 0 Å². The minimum atomic E-state index is 0.548. The fourth-order valence-electron chi connectivity index (χ4n) is 3.53. The van der Waals surface area contributed by atoms with E-state index in [1.165, 1.54) is 45.3 Å². The van der Waals surface area contributed by atoms with E-state index in [1.54, 1.807) is 0 Å². The van der Waals surface area contributed by atoms with Gasteiger partial charge in [0.1, 0.15) is 0 Å². The standard InChI is InChI=1S/C15H29NO2/c1-12-10-16(6-4-14(12)5-7-17-2)11-13-8-15(9-13)18-3/h12-15H,4-11H2,1-3H3/t12-,13?,14+,15?/m1/s1. The number of methoxy groups -OCH3 is 2. The summed E-state index contributed by atoms with van der Waals surface area (Å²) in [5.74, 6) is 2.58. The minimum absolute atomic E-state index is 0.548. The summed E-state index contributed by atoms with van der Waals surface area (Å²) < 4.78 is 10.6. The van der Waals surface area contributed by atoms with Gasteiger partial charge in [0.05, 0.1) is 6.10 Å². The third kappa shape index (κ3) is 3.69. The third-order valence-electron chi connectivity index (χ3n) is 4.90. The highest BCUT2D eigenvalue weighted by atomic mass is 16.5. The van der Waals surface area contributed by atoms with Gasteiger partial charge in [-0.15, -0.1) is 0 Å². The minimum Gasteiger partial charge on any atom is -0.385 e. The van der Waals surface area contributed by atoms with Gasteiger partial charge < -0.3 is 14.4 Å². The van der Waals surface area contributed by atoms with Gasteiger partial charge >= 0.3 is 0 Å². The maximum atomic E-state index is 5.36. The smallest absolute Gasteiger partial charge is 0.0577 e. The van der Waals surface area contributed by atoms with Crippen LogP contribution in [-0.2, 0) is 9.47 Å². The summed E-state index contributed by atoms with van der Waals surface area (Å²) in [7, 11) is 3.65. The van der Waals surface area contributed by atoms with E-state index in [4.69, 9.17) is 9.47 Å². The number of nitrogens with zero attached hydrogens (tertiary/aromatic N) is 1. The fraction of sp³-hybridized carbons (Fsp3) is 1.00. The van der Waals surface area contributed by atoms with E-state index in [0.717, 1.165) is 24.4 Å². The van der Waals surface area contributed by atoms with Crippen molar-refractivity contribution in [1.29, 1.82) is 0 Å². The van der Waals surface area contributed by atoms with Gasteiger partial charge in [0.25, 0.3) is 0 Å². The lowest BCUT2D eigenvalue weighted by Crippen LogP contribution is -2.45. The average molecular weight is 255 g/mol. The summed E-state index contributed by atoms with van der Waals surface area (Å²) in [4.78, 5) is 2.67. The maximum absolute atomic E-state index is 5.36. The zero-order chi connectivity index (χ0) is 13.0. The van der Waals surface area contributed by atoms with Crippen molar-refractivity contribution in [1.82, 2.24) is 4.90 Å². The van der Waals surface area contributed by atoms with Gasteiger partial charge in [-0.1, -0.05) is 6.92 Å². The molecular formula is C15H29NO2. The Balaban J connectivity index is 1.65. The SMILES string of the molecule is COCC[C@@H]1CCN(CC2CC(OC)C2)C[C@H]1C. The molecule has 0 bridgehead atoms. The van der Waals surface area contributed by atoms with Crippen molar-refractivity contribution in [3.63, 3.8) is 0 Å². The third-order valence-corrected chi connectivity index (χ3v) is 4.90. The van der Waals surface area contributed by atoms with Gasteiger partial charge in [0, 0.05) is 33.9 Å². The van der Waals surface area contributed by atoms with Crippen LogP contribution >= 0.6 is 0 Å². The highest BCUT2D eigenvalue weighted by Gasteiger charge is 2.32. The summed E-state index contributed by atoms with van der Waals surface area (Å²) in [6.07, 6.45) is 5.68. The summed E-state index contributed by atoms with van der Waals surface area (Å²) in [6.45, 7) is 7.19. The Morgan fingerprint density at radius 2 is 2.00 bits per heavy atom. The Labute approximate surface area is 112 Å². The van der Waals surface area contributed by atoms with Gasteiger partial charge in [-0.05, 0) is 50.0 Å². The second kappa shape index (κ2) is 6.88. The van der Waals surface area contributed by atoms with E-state index in [0.29, 0.717) is 6.10 Å². The number of hydrogen-bond donors (Lipinski definition) is 0. The molecule has 0 aromatic rings. The van der Waals surface area contributed by atoms with Crippen LogP contribution < -0.4 is 0 Å². The van der Waals surface area contributed by atoms with Crippen molar-refractivity contribution < 1.29 is 9.47 Å². The molecule has 2 rings (SSSR count). The van der Waals surface area contributed by atoms with Crippen LogP contribution in [0.1, 0.15) is 32.6 Å². The van der Waals surface area contributed by atoms with Crippen molar-refractivity contribution in [2.45, 2.75) is 38.7 Å². The summed E-state index contributed by atoms with van der Waals surface area (Å²) in [6, 6.07) is 0. The number of ether oxygens (including phenoxy) is 2. The molecular weight excluding hydrogens is 226 g/mol. The quantitative estimate of drug-likeness (QED) is 0.727. The number of rotatable bonds is 6. The first-order valence-corrected chi connectivity index (χ1v) is 7.47. The van der Waals surface area contributed by atoms with Crippen LogP contribution in [-0.4, -0.2) is 51.5 Å². The predicted molar refractivity (Wildman–Crippen MR) is 73.7 cm³/mol. The molecule has 3 heteroatoms. The average Bonchev–Trinajstić information content (AvgIpc) is 2.32. The highest BCUT2D eigenvalue weighted by molar-refractivity contribution is 4.85. The molecule has 1 aliphatic heterocycles. The van der Waals surface area contributed by atoms with Crippen LogP contribution in [0.3, 0.4) is 0 Å². The lowest BCUT2D eigenvalue weighted by molar-refractivity contribution is -0.0186. The molecule has 0 unspecified atom stereocenters. The summed E-state index contributed by atoms with van der Waals surface area (Å²) in [5, 5.41) is 0. The van der Waals surface area contributed by atoms with Gasteiger partial charge in [0.15, 0.2) is 0 Å². The molecule has 1 saturated carbocycles. The Bertz CT molecular complexity index is 241. The van der Waals surface area contributed by atoms with Crippen molar-refractivity contribution in [3.8, 4) is 0 Å². The monoisotopic (exact) mass is 255 g/mol. The molecule has 1 aliphatic carbocycles. The van der Waals surface area contributed by atoms with E-state index >= 15 is 0 Å². The predicted octanol–water partition coefficient (Wildman–Crippen LogP) is 2.41. The molecule has 0 N–H and O–H groups in total. The Morgan fingerprint density at radius 3 is 2.61 bits per heavy atom.